The molecule has 2 saturated heterocycles. The van der Waals surface area contributed by atoms with Crippen molar-refractivity contribution in [3.05, 3.63) is 53.5 Å². The summed E-state index contributed by atoms with van der Waals surface area (Å²) in [4.78, 5) is 19.1. The molecule has 3 fully saturated rings. The van der Waals surface area contributed by atoms with Crippen molar-refractivity contribution in [1.82, 2.24) is 9.88 Å². The molecule has 3 heterocycles. The maximum atomic E-state index is 13.8. The average Bonchev–Trinajstić information content (AvgIpc) is 3.25. The quantitative estimate of drug-likeness (QED) is 0.630. The second-order valence-corrected chi connectivity index (χ2v) is 8.96. The Morgan fingerprint density at radius 3 is 2.82 bits per heavy atom. The van der Waals surface area contributed by atoms with Gasteiger partial charge in [-0.2, -0.15) is 0 Å². The van der Waals surface area contributed by atoms with E-state index in [2.05, 4.69) is 4.98 Å². The van der Waals surface area contributed by atoms with Gasteiger partial charge in [0.1, 0.15) is 30.0 Å². The number of fused-ring (bicyclic) bond motifs is 1. The van der Waals surface area contributed by atoms with E-state index in [-0.39, 0.29) is 62.0 Å². The number of carbonyl (C=O) groups is 1. The monoisotopic (exact) mass is 478 g/mol. The van der Waals surface area contributed by atoms with Gasteiger partial charge in [0.15, 0.2) is 5.75 Å². The molecule has 7 nitrogen and oxygen atoms in total. The van der Waals surface area contributed by atoms with Crippen LogP contribution in [0, 0.1) is 11.7 Å². The fraction of sp³-hybridized carbons (Fsp3) is 0.500. The summed E-state index contributed by atoms with van der Waals surface area (Å²) >= 11 is 0. The van der Waals surface area contributed by atoms with Crippen LogP contribution < -0.4 is 9.47 Å². The molecule has 5 rings (SSSR count). The van der Waals surface area contributed by atoms with Gasteiger partial charge in [-0.15, -0.1) is 0 Å². The first-order chi connectivity index (χ1) is 16.3. The normalized spacial score (nSPS) is 26.0. The summed E-state index contributed by atoms with van der Waals surface area (Å²) in [6.07, 6.45) is -0.398. The van der Waals surface area contributed by atoms with Gasteiger partial charge in [0.25, 0.3) is 11.8 Å². The number of alkyl halides is 2. The SMILES string of the molecule is COc1nc(C(=O)N2CC[C@]3(c4cccc(F)c4)OCO[C@@H]3C2)ccc1OCC1CC(F)(F)C1. The molecule has 2 atom stereocenters. The Kier molecular flexibility index (Phi) is 5.89. The van der Waals surface area contributed by atoms with E-state index in [0.717, 1.165) is 0 Å². The number of pyridine rings is 1. The maximum absolute atomic E-state index is 13.8. The van der Waals surface area contributed by atoms with Crippen molar-refractivity contribution in [3.63, 3.8) is 0 Å². The standard InChI is InChI=1S/C24H25F3N2O5/c1-31-21-19(32-13-15-10-23(26,27)11-15)6-5-18(28-21)22(30)29-8-7-24(20(12-29)33-14-34-24)16-3-2-4-17(25)9-16/h2-6,9,15,20H,7-8,10-14H2,1H3/t20-,24-/m1/s1. The molecule has 10 heteroatoms. The maximum Gasteiger partial charge on any atom is 0.272 e. The van der Waals surface area contributed by atoms with Crippen molar-refractivity contribution >= 4 is 5.91 Å². The Hall–Kier alpha value is -2.85. The number of halogens is 3. The van der Waals surface area contributed by atoms with Gasteiger partial charge in [-0.05, 0) is 29.8 Å². The lowest BCUT2D eigenvalue weighted by Crippen LogP contribution is -2.53. The third kappa shape index (κ3) is 4.20. The molecule has 1 aromatic carbocycles. The van der Waals surface area contributed by atoms with Gasteiger partial charge in [-0.3, -0.25) is 4.79 Å². The fourth-order valence-electron chi connectivity index (χ4n) is 4.90. The van der Waals surface area contributed by atoms with E-state index in [1.807, 2.05) is 0 Å². The Bertz CT molecular complexity index is 1080. The van der Waals surface area contributed by atoms with Crippen molar-refractivity contribution in [1.29, 1.82) is 0 Å². The second kappa shape index (κ2) is 8.74. The zero-order chi connectivity index (χ0) is 23.9. The molecular formula is C24H25F3N2O5. The van der Waals surface area contributed by atoms with Crippen LogP contribution in [0.2, 0.25) is 0 Å². The van der Waals surface area contributed by atoms with E-state index in [9.17, 15) is 18.0 Å². The Morgan fingerprint density at radius 1 is 1.26 bits per heavy atom. The van der Waals surface area contributed by atoms with E-state index >= 15 is 0 Å². The molecule has 0 spiro atoms. The van der Waals surface area contributed by atoms with Crippen LogP contribution in [-0.2, 0) is 15.1 Å². The van der Waals surface area contributed by atoms with Crippen LogP contribution in [0.25, 0.3) is 0 Å². The molecule has 2 aliphatic heterocycles. The topological polar surface area (TPSA) is 70.1 Å². The zero-order valence-electron chi connectivity index (χ0n) is 18.6. The Balaban J connectivity index is 1.27. The van der Waals surface area contributed by atoms with Crippen LogP contribution in [0.5, 0.6) is 11.6 Å². The van der Waals surface area contributed by atoms with Crippen LogP contribution >= 0.6 is 0 Å². The van der Waals surface area contributed by atoms with Gasteiger partial charge in [0.05, 0.1) is 20.3 Å². The van der Waals surface area contributed by atoms with Crippen LogP contribution in [0.1, 0.15) is 35.3 Å². The largest absolute Gasteiger partial charge is 0.488 e. The van der Waals surface area contributed by atoms with Crippen molar-refractivity contribution in [3.8, 4) is 11.6 Å². The Morgan fingerprint density at radius 2 is 2.09 bits per heavy atom. The summed E-state index contributed by atoms with van der Waals surface area (Å²) in [6.45, 7) is 0.823. The summed E-state index contributed by atoms with van der Waals surface area (Å²) in [5.41, 5.74) is 0.0456. The van der Waals surface area contributed by atoms with Gasteiger partial charge in [0.2, 0.25) is 5.92 Å². The summed E-state index contributed by atoms with van der Waals surface area (Å²) in [7, 11) is 1.40. The number of ether oxygens (including phenoxy) is 4. The van der Waals surface area contributed by atoms with E-state index in [0.29, 0.717) is 24.3 Å². The molecule has 34 heavy (non-hydrogen) atoms. The smallest absolute Gasteiger partial charge is 0.272 e. The number of aromatic nitrogens is 1. The van der Waals surface area contributed by atoms with Gasteiger partial charge in [0, 0.05) is 31.7 Å². The van der Waals surface area contributed by atoms with Crippen molar-refractivity contribution in [2.24, 2.45) is 5.92 Å². The predicted octanol–water partition coefficient (Wildman–Crippen LogP) is 3.77. The minimum atomic E-state index is -2.61. The molecule has 1 aromatic heterocycles. The van der Waals surface area contributed by atoms with Crippen LogP contribution in [0.4, 0.5) is 13.2 Å². The molecule has 182 valence electrons. The first-order valence-electron chi connectivity index (χ1n) is 11.2. The third-order valence-electron chi connectivity index (χ3n) is 6.73. The highest BCUT2D eigenvalue weighted by Gasteiger charge is 2.51. The first kappa shape index (κ1) is 22.9. The fourth-order valence-corrected chi connectivity index (χ4v) is 4.90. The van der Waals surface area contributed by atoms with Crippen LogP contribution in [-0.4, -0.2) is 61.4 Å². The lowest BCUT2D eigenvalue weighted by atomic mass is 9.82. The first-order valence-corrected chi connectivity index (χ1v) is 11.2. The van der Waals surface area contributed by atoms with Gasteiger partial charge >= 0.3 is 0 Å². The number of piperidine rings is 1. The number of likely N-dealkylation sites (tertiary alicyclic amines) is 1. The highest BCUT2D eigenvalue weighted by molar-refractivity contribution is 5.92. The number of methoxy groups -OCH3 is 1. The van der Waals surface area contributed by atoms with E-state index in [1.165, 1.54) is 25.3 Å². The predicted molar refractivity (Wildman–Crippen MR) is 113 cm³/mol. The van der Waals surface area contributed by atoms with E-state index in [4.69, 9.17) is 18.9 Å². The lowest BCUT2D eigenvalue weighted by molar-refractivity contribution is -0.119. The summed E-state index contributed by atoms with van der Waals surface area (Å²) in [5, 5.41) is 0. The number of benzene rings is 1. The lowest BCUT2D eigenvalue weighted by Gasteiger charge is -2.41. The molecule has 0 unspecified atom stereocenters. The van der Waals surface area contributed by atoms with Crippen molar-refractivity contribution in [2.45, 2.75) is 36.9 Å². The number of nitrogens with zero attached hydrogens (tertiary/aromatic N) is 2. The molecule has 2 aromatic rings. The summed E-state index contributed by atoms with van der Waals surface area (Å²) < 4.78 is 62.5. The van der Waals surface area contributed by atoms with Gasteiger partial charge in [-0.1, -0.05) is 12.1 Å². The van der Waals surface area contributed by atoms with E-state index < -0.39 is 17.6 Å². The molecule has 1 amide bonds. The zero-order valence-corrected chi connectivity index (χ0v) is 18.6. The Labute approximate surface area is 194 Å². The number of amides is 1. The second-order valence-electron chi connectivity index (χ2n) is 8.96. The summed E-state index contributed by atoms with van der Waals surface area (Å²) in [5.74, 6) is -3.09. The molecule has 1 saturated carbocycles. The van der Waals surface area contributed by atoms with Crippen molar-refractivity contribution in [2.75, 3.05) is 33.6 Å². The number of hydrogen-bond donors (Lipinski definition) is 0. The van der Waals surface area contributed by atoms with Crippen molar-refractivity contribution < 1.29 is 36.9 Å². The highest BCUT2D eigenvalue weighted by atomic mass is 19.3. The number of carbonyl (C=O) groups excluding carboxylic acids is 1. The third-order valence-corrected chi connectivity index (χ3v) is 6.73. The van der Waals surface area contributed by atoms with Crippen LogP contribution in [0.3, 0.4) is 0 Å². The molecule has 0 radical (unpaired) electrons. The highest BCUT2D eigenvalue weighted by Crippen LogP contribution is 2.44. The minimum Gasteiger partial charge on any atom is -0.488 e. The molecule has 1 aliphatic carbocycles. The minimum absolute atomic E-state index is 0.0637. The molecule has 0 bridgehead atoms. The average molecular weight is 478 g/mol. The summed E-state index contributed by atoms with van der Waals surface area (Å²) in [6, 6.07) is 9.33. The number of hydrogen-bond acceptors (Lipinski definition) is 6. The van der Waals surface area contributed by atoms with Gasteiger partial charge < -0.3 is 23.8 Å². The molecular weight excluding hydrogens is 453 g/mol. The number of rotatable bonds is 6. The van der Waals surface area contributed by atoms with Crippen LogP contribution in [0.15, 0.2) is 36.4 Å². The molecule has 0 N–H and O–H groups in total. The van der Waals surface area contributed by atoms with Gasteiger partial charge in [-0.25, -0.2) is 18.2 Å². The molecule has 3 aliphatic rings. The van der Waals surface area contributed by atoms with E-state index in [1.54, 1.807) is 23.1 Å².